The van der Waals surface area contributed by atoms with Gasteiger partial charge in [-0.2, -0.15) is 22.0 Å². The molecule has 45 heavy (non-hydrogen) atoms. The van der Waals surface area contributed by atoms with Gasteiger partial charge in [-0.05, 0) is 90.0 Å². The van der Waals surface area contributed by atoms with Gasteiger partial charge in [-0.3, -0.25) is 9.79 Å². The van der Waals surface area contributed by atoms with Crippen LogP contribution in [0.4, 0.5) is 33.3 Å². The van der Waals surface area contributed by atoms with Crippen molar-refractivity contribution >= 4 is 32.2 Å². The number of hydrogen-bond acceptors (Lipinski definition) is 5. The molecule has 2 aromatic carbocycles. The van der Waals surface area contributed by atoms with Crippen LogP contribution in [0.5, 0.6) is 5.75 Å². The predicted molar refractivity (Wildman–Crippen MR) is 174 cm³/mol. The number of ether oxygens (including phenoxy) is 1. The SMILES string of the molecule is C\C=C(/C=C\C(CC)=N/C(CC)=C(\C)C(=O)NCc1ccc(N2CCN(c3ccc(OC(F)(F)P)cc3)CC2)cc1)C(F)(F)F. The molecule has 0 bridgehead atoms. The Hall–Kier alpha value is -3.72. The molecule has 1 N–H and O–H groups in total. The van der Waals surface area contributed by atoms with E-state index in [1.807, 2.05) is 31.2 Å². The van der Waals surface area contributed by atoms with Crippen molar-refractivity contribution in [2.75, 3.05) is 36.0 Å². The van der Waals surface area contributed by atoms with E-state index in [1.54, 1.807) is 26.0 Å². The number of aliphatic imine (C=N–C) groups is 1. The smallest absolute Gasteiger partial charge is 0.416 e. The van der Waals surface area contributed by atoms with Crippen LogP contribution in [0.25, 0.3) is 0 Å². The van der Waals surface area contributed by atoms with Crippen LogP contribution in [-0.4, -0.2) is 49.8 Å². The molecule has 2 aromatic rings. The summed E-state index contributed by atoms with van der Waals surface area (Å²) in [7, 11) is 1.36. The highest BCUT2D eigenvalue weighted by molar-refractivity contribution is 7.17. The molecule has 0 spiro atoms. The normalized spacial score (nSPS) is 15.8. The van der Waals surface area contributed by atoms with Gasteiger partial charge in [0.05, 0.1) is 5.57 Å². The Morgan fingerprint density at radius 3 is 1.89 bits per heavy atom. The average molecular weight is 651 g/mol. The van der Waals surface area contributed by atoms with Gasteiger partial charge in [0.1, 0.15) is 5.75 Å². The maximum absolute atomic E-state index is 13.1. The van der Waals surface area contributed by atoms with Crippen molar-refractivity contribution in [3.8, 4) is 5.75 Å². The zero-order valence-electron chi connectivity index (χ0n) is 25.9. The molecule has 1 atom stereocenters. The Balaban J connectivity index is 1.55. The number of alkyl halides is 5. The molecular formula is C33H40F5N4O2P. The summed E-state index contributed by atoms with van der Waals surface area (Å²) >= 11 is 0. The van der Waals surface area contributed by atoms with Crippen LogP contribution in [0.2, 0.25) is 0 Å². The Morgan fingerprint density at radius 2 is 1.44 bits per heavy atom. The summed E-state index contributed by atoms with van der Waals surface area (Å²) in [6.45, 7) is 10.0. The number of rotatable bonds is 12. The third kappa shape index (κ3) is 11.0. The van der Waals surface area contributed by atoms with Crippen molar-refractivity contribution < 1.29 is 31.5 Å². The van der Waals surface area contributed by atoms with Crippen LogP contribution in [0, 0.1) is 0 Å². The molecule has 244 valence electrons. The number of hydrogen-bond donors (Lipinski definition) is 1. The van der Waals surface area contributed by atoms with E-state index in [2.05, 4.69) is 24.8 Å². The summed E-state index contributed by atoms with van der Waals surface area (Å²) in [5, 5.41) is 2.91. The van der Waals surface area contributed by atoms with Crippen molar-refractivity contribution in [2.45, 2.75) is 59.1 Å². The molecule has 3 rings (SSSR count). The Morgan fingerprint density at radius 1 is 0.911 bits per heavy atom. The van der Waals surface area contributed by atoms with Gasteiger partial charge in [-0.25, -0.2) is 0 Å². The van der Waals surface area contributed by atoms with Gasteiger partial charge in [0, 0.05) is 61.1 Å². The van der Waals surface area contributed by atoms with Gasteiger partial charge in [-0.1, -0.05) is 32.1 Å². The highest BCUT2D eigenvalue weighted by atomic mass is 31.0. The Kier molecular flexibility index (Phi) is 12.7. The van der Waals surface area contributed by atoms with E-state index in [1.165, 1.54) is 34.4 Å². The van der Waals surface area contributed by atoms with Gasteiger partial charge < -0.3 is 19.9 Å². The molecule has 0 aromatic heterocycles. The number of anilines is 2. The maximum atomic E-state index is 13.1. The lowest BCUT2D eigenvalue weighted by Gasteiger charge is -2.37. The van der Waals surface area contributed by atoms with Gasteiger partial charge in [-0.15, -0.1) is 0 Å². The largest absolute Gasteiger partial charge is 0.430 e. The van der Waals surface area contributed by atoms with E-state index in [9.17, 15) is 26.7 Å². The number of carbonyl (C=O) groups is 1. The summed E-state index contributed by atoms with van der Waals surface area (Å²) in [6.07, 6.45) is -0.228. The second kappa shape index (κ2) is 16.0. The van der Waals surface area contributed by atoms with E-state index >= 15 is 0 Å². The molecule has 0 saturated carbocycles. The first-order chi connectivity index (χ1) is 21.2. The minimum absolute atomic E-state index is 0.101. The van der Waals surface area contributed by atoms with Gasteiger partial charge in [0.2, 0.25) is 5.91 Å². The molecule has 12 heteroatoms. The first-order valence-corrected chi connectivity index (χ1v) is 15.3. The lowest BCUT2D eigenvalue weighted by molar-refractivity contribution is -0.117. The van der Waals surface area contributed by atoms with Crippen molar-refractivity contribution in [2.24, 2.45) is 4.99 Å². The van der Waals surface area contributed by atoms with E-state index < -0.39 is 17.6 Å². The van der Waals surface area contributed by atoms with Crippen LogP contribution in [0.1, 0.15) is 46.1 Å². The molecule has 1 aliphatic heterocycles. The van der Waals surface area contributed by atoms with Gasteiger partial charge >= 0.3 is 12.0 Å². The second-order valence-corrected chi connectivity index (χ2v) is 11.1. The number of nitrogens with one attached hydrogen (secondary N) is 1. The van der Waals surface area contributed by atoms with Crippen molar-refractivity contribution in [3.05, 3.63) is 89.2 Å². The highest BCUT2D eigenvalue weighted by Crippen LogP contribution is 2.29. The fourth-order valence-corrected chi connectivity index (χ4v) is 4.89. The number of nitrogens with zero attached hydrogens (tertiary/aromatic N) is 3. The number of halogens is 5. The third-order valence-electron chi connectivity index (χ3n) is 7.33. The van der Waals surface area contributed by atoms with E-state index in [4.69, 9.17) is 0 Å². The molecule has 0 radical (unpaired) electrons. The molecule has 1 amide bonds. The zero-order valence-corrected chi connectivity index (χ0v) is 27.1. The number of piperazine rings is 1. The maximum Gasteiger partial charge on any atom is 0.416 e. The number of allylic oxidation sites excluding steroid dienone is 5. The third-order valence-corrected chi connectivity index (χ3v) is 7.45. The minimum Gasteiger partial charge on any atom is -0.430 e. The van der Waals surface area contributed by atoms with Crippen LogP contribution < -0.4 is 19.9 Å². The van der Waals surface area contributed by atoms with Crippen molar-refractivity contribution in [1.29, 1.82) is 0 Å². The van der Waals surface area contributed by atoms with Gasteiger partial charge in [0.15, 0.2) is 0 Å². The van der Waals surface area contributed by atoms with E-state index in [-0.39, 0.29) is 11.7 Å². The molecule has 6 nitrogen and oxygen atoms in total. The van der Waals surface area contributed by atoms with E-state index in [0.717, 1.165) is 55.3 Å². The number of amides is 1. The minimum atomic E-state index is -4.44. The molecule has 1 unspecified atom stereocenters. The van der Waals surface area contributed by atoms with Crippen LogP contribution in [0.3, 0.4) is 0 Å². The number of carbonyl (C=O) groups excluding carboxylic acids is 1. The lowest BCUT2D eigenvalue weighted by atomic mass is 10.1. The molecule has 1 heterocycles. The van der Waals surface area contributed by atoms with Gasteiger partial charge in [0.25, 0.3) is 0 Å². The Labute approximate surface area is 263 Å². The summed E-state index contributed by atoms with van der Waals surface area (Å²) in [5.41, 5.74) is 3.54. The quantitative estimate of drug-likeness (QED) is 0.0831. The fraction of sp³-hybridized carbons (Fsp3) is 0.394. The first kappa shape index (κ1) is 35.8. The standard InChI is InChI=1S/C33H40F5N4O2P/c1-5-25(32(34,35)36)10-11-26(6-2)40-30(7-3)23(4)31(43)39-22-24-8-12-27(13-9-24)41-18-20-42(21-19-41)28-14-16-29(17-15-28)44-33(37,38)45/h5,8-17H,6-7,18-22,45H2,1-4H3,(H,39,43)/b11-10-,25-5+,30-23+,40-26-. The summed E-state index contributed by atoms with van der Waals surface area (Å²) in [5.74, 6) is -3.50. The zero-order chi connectivity index (χ0) is 33.2. The lowest BCUT2D eigenvalue weighted by Crippen LogP contribution is -2.46. The molecule has 1 aliphatic rings. The summed E-state index contributed by atoms with van der Waals surface area (Å²) in [6, 6.07) is 14.6. The topological polar surface area (TPSA) is 57.2 Å². The molecule has 0 aliphatic carbocycles. The van der Waals surface area contributed by atoms with E-state index in [0.29, 0.717) is 36.4 Å². The second-order valence-electron chi connectivity index (χ2n) is 10.4. The molecular weight excluding hydrogens is 610 g/mol. The van der Waals surface area contributed by atoms with Crippen LogP contribution in [0.15, 0.2) is 88.6 Å². The fourth-order valence-electron chi connectivity index (χ4n) is 4.75. The van der Waals surface area contributed by atoms with Crippen molar-refractivity contribution in [1.82, 2.24) is 5.32 Å². The molecule has 1 fully saturated rings. The van der Waals surface area contributed by atoms with Crippen molar-refractivity contribution in [3.63, 3.8) is 0 Å². The Bertz CT molecular complexity index is 1400. The average Bonchev–Trinajstić information content (AvgIpc) is 3.00. The molecule has 1 saturated heterocycles. The summed E-state index contributed by atoms with van der Waals surface area (Å²) in [4.78, 5) is 21.8. The first-order valence-electron chi connectivity index (χ1n) is 14.8. The van der Waals surface area contributed by atoms with Crippen LogP contribution in [-0.2, 0) is 11.3 Å². The summed E-state index contributed by atoms with van der Waals surface area (Å²) < 4.78 is 69.8. The predicted octanol–water partition coefficient (Wildman–Crippen LogP) is 8.03. The monoisotopic (exact) mass is 650 g/mol. The number of benzene rings is 2. The highest BCUT2D eigenvalue weighted by Gasteiger charge is 2.31. The van der Waals surface area contributed by atoms with Crippen LogP contribution >= 0.6 is 9.24 Å².